The average molecular weight is 448 g/mol. The Morgan fingerprint density at radius 1 is 1.09 bits per heavy atom. The van der Waals surface area contributed by atoms with Gasteiger partial charge in [-0.3, -0.25) is 4.79 Å². The Morgan fingerprint density at radius 3 is 2.55 bits per heavy atom. The van der Waals surface area contributed by atoms with Crippen LogP contribution in [0.3, 0.4) is 0 Å². The summed E-state index contributed by atoms with van der Waals surface area (Å²) in [5.41, 5.74) is 4.46. The highest BCUT2D eigenvalue weighted by Gasteiger charge is 2.28. The normalized spacial score (nSPS) is 15.5. The van der Waals surface area contributed by atoms with Gasteiger partial charge in [0.1, 0.15) is 5.69 Å². The first-order valence-corrected chi connectivity index (χ1v) is 11.9. The molecule has 2 heterocycles. The van der Waals surface area contributed by atoms with E-state index >= 15 is 0 Å². The molecule has 1 aromatic heterocycles. The molecule has 33 heavy (non-hydrogen) atoms. The summed E-state index contributed by atoms with van der Waals surface area (Å²) in [7, 11) is 0. The van der Waals surface area contributed by atoms with E-state index in [1.165, 1.54) is 0 Å². The number of hydrogen-bond donors (Lipinski definition) is 0. The summed E-state index contributed by atoms with van der Waals surface area (Å²) in [6.45, 7) is 9.50. The number of ether oxygens (including phenoxy) is 1. The number of aromatic nitrogens is 1. The van der Waals surface area contributed by atoms with Crippen LogP contribution in [0.25, 0.3) is 11.3 Å². The zero-order valence-corrected chi connectivity index (χ0v) is 19.8. The Bertz CT molecular complexity index is 1050. The van der Waals surface area contributed by atoms with Crippen LogP contribution in [-0.4, -0.2) is 48.3 Å². The van der Waals surface area contributed by atoms with Gasteiger partial charge >= 0.3 is 0 Å². The quantitative estimate of drug-likeness (QED) is 0.444. The molecule has 4 rings (SSSR count). The van der Waals surface area contributed by atoms with E-state index in [4.69, 9.17) is 9.26 Å². The zero-order valence-electron chi connectivity index (χ0n) is 19.8. The highest BCUT2D eigenvalue weighted by atomic mass is 16.5. The summed E-state index contributed by atoms with van der Waals surface area (Å²) in [5, 5.41) is 4.45. The summed E-state index contributed by atoms with van der Waals surface area (Å²) in [6.07, 6.45) is 2.05. The van der Waals surface area contributed by atoms with Crippen molar-refractivity contribution in [3.63, 3.8) is 0 Å². The molecule has 6 nitrogen and oxygen atoms in total. The third-order valence-electron chi connectivity index (χ3n) is 6.21. The van der Waals surface area contributed by atoms with Crippen LogP contribution in [-0.2, 0) is 11.3 Å². The van der Waals surface area contributed by atoms with Crippen molar-refractivity contribution in [2.75, 3.05) is 31.1 Å². The zero-order chi connectivity index (χ0) is 23.2. The van der Waals surface area contributed by atoms with E-state index in [0.29, 0.717) is 18.7 Å². The first-order chi connectivity index (χ1) is 16.1. The second-order valence-corrected chi connectivity index (χ2v) is 8.54. The summed E-state index contributed by atoms with van der Waals surface area (Å²) in [6, 6.07) is 17.8. The van der Waals surface area contributed by atoms with E-state index in [1.54, 1.807) is 0 Å². The van der Waals surface area contributed by atoms with Gasteiger partial charge in [0, 0.05) is 37.4 Å². The Morgan fingerprint density at radius 2 is 1.88 bits per heavy atom. The summed E-state index contributed by atoms with van der Waals surface area (Å²) >= 11 is 0. The van der Waals surface area contributed by atoms with E-state index < -0.39 is 0 Å². The van der Waals surface area contributed by atoms with Crippen LogP contribution >= 0.6 is 0 Å². The molecule has 6 heteroatoms. The van der Waals surface area contributed by atoms with Crippen molar-refractivity contribution in [1.29, 1.82) is 0 Å². The number of hydrogen-bond acceptors (Lipinski definition) is 5. The molecular weight excluding hydrogens is 414 g/mol. The molecule has 0 spiro atoms. The lowest BCUT2D eigenvalue weighted by Crippen LogP contribution is -2.37. The van der Waals surface area contributed by atoms with Gasteiger partial charge in [0.2, 0.25) is 5.88 Å². The van der Waals surface area contributed by atoms with Crippen molar-refractivity contribution in [1.82, 2.24) is 10.1 Å². The van der Waals surface area contributed by atoms with Crippen molar-refractivity contribution in [2.45, 2.75) is 46.3 Å². The number of benzene rings is 2. The molecule has 1 aliphatic rings. The van der Waals surface area contributed by atoms with E-state index in [-0.39, 0.29) is 12.0 Å². The van der Waals surface area contributed by atoms with Crippen LogP contribution in [0.2, 0.25) is 0 Å². The van der Waals surface area contributed by atoms with Crippen molar-refractivity contribution in [3.8, 4) is 11.3 Å². The second-order valence-electron chi connectivity index (χ2n) is 8.54. The molecule has 1 aliphatic heterocycles. The third kappa shape index (κ3) is 5.28. The van der Waals surface area contributed by atoms with Gasteiger partial charge < -0.3 is 19.1 Å². The molecule has 0 N–H and O–H groups in total. The van der Waals surface area contributed by atoms with Crippen LogP contribution < -0.4 is 4.90 Å². The Balaban J connectivity index is 1.73. The van der Waals surface area contributed by atoms with E-state index in [0.717, 1.165) is 60.8 Å². The second kappa shape index (κ2) is 10.7. The lowest BCUT2D eigenvalue weighted by atomic mass is 10.1. The van der Waals surface area contributed by atoms with E-state index in [1.807, 2.05) is 66.4 Å². The molecule has 0 radical (unpaired) electrons. The van der Waals surface area contributed by atoms with Crippen LogP contribution in [0.5, 0.6) is 0 Å². The van der Waals surface area contributed by atoms with Crippen molar-refractivity contribution in [2.24, 2.45) is 0 Å². The Labute approximate surface area is 196 Å². The number of anilines is 1. The lowest BCUT2D eigenvalue weighted by Gasteiger charge is -2.27. The van der Waals surface area contributed by atoms with Gasteiger partial charge in [0.05, 0.1) is 18.2 Å². The molecule has 1 atom stereocenters. The van der Waals surface area contributed by atoms with Crippen molar-refractivity contribution in [3.05, 3.63) is 71.3 Å². The summed E-state index contributed by atoms with van der Waals surface area (Å²) < 4.78 is 11.8. The molecular formula is C27H33N3O3. The maximum absolute atomic E-state index is 13.7. The largest absolute Gasteiger partial charge is 0.376 e. The first-order valence-electron chi connectivity index (χ1n) is 11.9. The van der Waals surface area contributed by atoms with Crippen molar-refractivity contribution < 1.29 is 14.1 Å². The number of amides is 1. The van der Waals surface area contributed by atoms with Gasteiger partial charge in [-0.25, -0.2) is 0 Å². The molecule has 3 aromatic rings. The number of rotatable bonds is 9. The monoisotopic (exact) mass is 447 g/mol. The topological polar surface area (TPSA) is 58.8 Å². The first kappa shape index (κ1) is 23.1. The van der Waals surface area contributed by atoms with Gasteiger partial charge in [-0.2, -0.15) is 0 Å². The Hall–Kier alpha value is -3.12. The maximum Gasteiger partial charge on any atom is 0.254 e. The molecule has 1 saturated heterocycles. The summed E-state index contributed by atoms with van der Waals surface area (Å²) in [5.74, 6) is 0.730. The average Bonchev–Trinajstić information content (AvgIpc) is 3.50. The maximum atomic E-state index is 13.7. The predicted octanol–water partition coefficient (Wildman–Crippen LogP) is 5.32. The molecule has 0 aliphatic carbocycles. The fraction of sp³-hybridized carbons (Fsp3) is 0.407. The lowest BCUT2D eigenvalue weighted by molar-refractivity contribution is 0.0507. The van der Waals surface area contributed by atoms with Crippen LogP contribution in [0.1, 0.15) is 48.2 Å². The van der Waals surface area contributed by atoms with Crippen molar-refractivity contribution >= 4 is 11.8 Å². The van der Waals surface area contributed by atoms with E-state index in [9.17, 15) is 4.79 Å². The molecule has 0 bridgehead atoms. The molecule has 1 amide bonds. The minimum Gasteiger partial charge on any atom is -0.376 e. The smallest absolute Gasteiger partial charge is 0.254 e. The predicted molar refractivity (Wildman–Crippen MR) is 130 cm³/mol. The number of carbonyl (C=O) groups excluding carboxylic acids is 1. The minimum absolute atomic E-state index is 0.0000846. The molecule has 174 valence electrons. The SMILES string of the molecule is CCN(CC)c1onc(-c2ccccc2)c1CN(C[C@@H]1CCCO1)C(=O)c1cccc(C)c1. The third-order valence-corrected chi connectivity index (χ3v) is 6.21. The standard InChI is InChI=1S/C27H33N3O3/c1-4-29(5-2)27-24(25(28-33-27)21-12-7-6-8-13-21)19-30(18-23-15-10-16-32-23)26(31)22-14-9-11-20(3)17-22/h6-9,11-14,17,23H,4-5,10,15-16,18-19H2,1-3H3/t23-/m0/s1. The fourth-order valence-electron chi connectivity index (χ4n) is 4.43. The van der Waals surface area contributed by atoms with Gasteiger partial charge in [-0.05, 0) is 45.7 Å². The number of carbonyl (C=O) groups is 1. The minimum atomic E-state index is -0.0000846. The summed E-state index contributed by atoms with van der Waals surface area (Å²) in [4.78, 5) is 17.7. The van der Waals surface area contributed by atoms with Crippen LogP contribution in [0.15, 0.2) is 59.1 Å². The highest BCUT2D eigenvalue weighted by Crippen LogP contribution is 2.33. The van der Waals surface area contributed by atoms with Gasteiger partial charge in [0.25, 0.3) is 5.91 Å². The van der Waals surface area contributed by atoms with Crippen LogP contribution in [0, 0.1) is 6.92 Å². The van der Waals surface area contributed by atoms with Gasteiger partial charge in [0.15, 0.2) is 0 Å². The van der Waals surface area contributed by atoms with Crippen LogP contribution in [0.4, 0.5) is 5.88 Å². The molecule has 0 saturated carbocycles. The molecule has 1 fully saturated rings. The van der Waals surface area contributed by atoms with E-state index in [2.05, 4.69) is 23.9 Å². The number of nitrogens with zero attached hydrogens (tertiary/aromatic N) is 3. The van der Waals surface area contributed by atoms with Gasteiger partial charge in [-0.15, -0.1) is 0 Å². The number of aryl methyl sites for hydroxylation is 1. The fourth-order valence-corrected chi connectivity index (χ4v) is 4.43. The van der Waals surface area contributed by atoms with Gasteiger partial charge in [-0.1, -0.05) is 53.2 Å². The Kier molecular flexibility index (Phi) is 7.45. The molecule has 2 aromatic carbocycles. The highest BCUT2D eigenvalue weighted by molar-refractivity contribution is 5.94. The molecule has 0 unspecified atom stereocenters.